The molecule has 2 aliphatic rings. The van der Waals surface area contributed by atoms with Crippen LogP contribution in [0.1, 0.15) is 12.0 Å². The molecule has 0 unspecified atom stereocenters. The van der Waals surface area contributed by atoms with Crippen molar-refractivity contribution in [1.29, 1.82) is 0 Å². The van der Waals surface area contributed by atoms with Crippen molar-refractivity contribution in [3.63, 3.8) is 0 Å². The summed E-state index contributed by atoms with van der Waals surface area (Å²) < 4.78 is 0. The van der Waals surface area contributed by atoms with Gasteiger partial charge in [0.25, 0.3) is 0 Å². The smallest absolute Gasteiger partial charge is 0.321 e. The van der Waals surface area contributed by atoms with Crippen molar-refractivity contribution < 1.29 is 4.79 Å². The molecule has 148 valence electrons. The molecule has 4 rings (SSSR count). The molecule has 5 heteroatoms. The highest BCUT2D eigenvalue weighted by molar-refractivity contribution is 5.90. The maximum Gasteiger partial charge on any atom is 0.321 e. The summed E-state index contributed by atoms with van der Waals surface area (Å²) in [7, 11) is 2.18. The predicted octanol–water partition coefficient (Wildman–Crippen LogP) is 3.52. The molecule has 28 heavy (non-hydrogen) atoms. The number of hydrogen-bond donors (Lipinski definition) is 1. The van der Waals surface area contributed by atoms with Gasteiger partial charge in [0, 0.05) is 51.0 Å². The first kappa shape index (κ1) is 19.0. The molecule has 2 aromatic rings. The molecule has 2 aromatic carbocycles. The Morgan fingerprint density at radius 3 is 2.39 bits per heavy atom. The van der Waals surface area contributed by atoms with Gasteiger partial charge in [-0.15, -0.1) is 0 Å². The first-order valence-electron chi connectivity index (χ1n) is 10.2. The first-order valence-corrected chi connectivity index (χ1v) is 10.2. The van der Waals surface area contributed by atoms with Gasteiger partial charge in [-0.25, -0.2) is 4.79 Å². The number of nitrogens with zero attached hydrogens (tertiary/aromatic N) is 3. The molecular formula is C23H30N4O. The standard InChI is InChI=1S/C23H30N4O/c1-18-5-3-4-6-22(18)19-7-9-20(10-8-19)24-23(28)27-12-11-21(17-27)26-15-13-25(2)14-16-26/h3-10,21H,11-17H2,1-2H3,(H,24,28)/t21-/m1/s1. The Morgan fingerprint density at radius 1 is 0.964 bits per heavy atom. The number of amides is 2. The van der Waals surface area contributed by atoms with Crippen LogP contribution < -0.4 is 5.32 Å². The van der Waals surface area contributed by atoms with Crippen LogP contribution in [-0.4, -0.2) is 73.1 Å². The van der Waals surface area contributed by atoms with Crippen LogP contribution in [0.5, 0.6) is 0 Å². The lowest BCUT2D eigenvalue weighted by atomic mass is 10.0. The maximum absolute atomic E-state index is 12.7. The number of carbonyl (C=O) groups is 1. The van der Waals surface area contributed by atoms with Crippen molar-refractivity contribution in [2.45, 2.75) is 19.4 Å². The van der Waals surface area contributed by atoms with E-state index in [1.807, 2.05) is 17.0 Å². The number of likely N-dealkylation sites (tertiary alicyclic amines) is 1. The van der Waals surface area contributed by atoms with Crippen LogP contribution >= 0.6 is 0 Å². The molecule has 2 fully saturated rings. The summed E-state index contributed by atoms with van der Waals surface area (Å²) in [6, 6.07) is 17.0. The Hall–Kier alpha value is -2.37. The average molecular weight is 379 g/mol. The van der Waals surface area contributed by atoms with E-state index in [1.54, 1.807) is 0 Å². The zero-order valence-corrected chi connectivity index (χ0v) is 16.9. The molecule has 2 heterocycles. The van der Waals surface area contributed by atoms with Crippen molar-refractivity contribution >= 4 is 11.7 Å². The summed E-state index contributed by atoms with van der Waals surface area (Å²) in [5, 5.41) is 3.07. The van der Waals surface area contributed by atoms with Gasteiger partial charge in [0.15, 0.2) is 0 Å². The van der Waals surface area contributed by atoms with Crippen LogP contribution in [0.4, 0.5) is 10.5 Å². The average Bonchev–Trinajstić information content (AvgIpc) is 3.20. The van der Waals surface area contributed by atoms with E-state index in [-0.39, 0.29) is 6.03 Å². The predicted molar refractivity (Wildman–Crippen MR) is 115 cm³/mol. The van der Waals surface area contributed by atoms with E-state index in [1.165, 1.54) is 16.7 Å². The molecule has 0 spiro atoms. The summed E-state index contributed by atoms with van der Waals surface area (Å²) in [5.41, 5.74) is 4.51. The molecular weight excluding hydrogens is 348 g/mol. The summed E-state index contributed by atoms with van der Waals surface area (Å²) in [4.78, 5) is 19.6. The summed E-state index contributed by atoms with van der Waals surface area (Å²) in [5.74, 6) is 0. The van der Waals surface area contributed by atoms with Gasteiger partial charge >= 0.3 is 6.03 Å². The van der Waals surface area contributed by atoms with Crippen LogP contribution in [0, 0.1) is 6.92 Å². The van der Waals surface area contributed by atoms with Crippen LogP contribution in [0.3, 0.4) is 0 Å². The Kier molecular flexibility index (Phi) is 5.64. The molecule has 0 aromatic heterocycles. The molecule has 2 saturated heterocycles. The van der Waals surface area contributed by atoms with E-state index in [9.17, 15) is 4.79 Å². The van der Waals surface area contributed by atoms with Gasteiger partial charge in [-0.2, -0.15) is 0 Å². The number of anilines is 1. The molecule has 2 aliphatic heterocycles. The van der Waals surface area contributed by atoms with Gasteiger partial charge in [0.1, 0.15) is 0 Å². The van der Waals surface area contributed by atoms with E-state index in [2.05, 4.69) is 65.5 Å². The molecule has 0 aliphatic carbocycles. The number of urea groups is 1. The molecule has 0 bridgehead atoms. The largest absolute Gasteiger partial charge is 0.323 e. The highest BCUT2D eigenvalue weighted by Crippen LogP contribution is 2.25. The van der Waals surface area contributed by atoms with Crippen molar-refractivity contribution in [1.82, 2.24) is 14.7 Å². The number of likely N-dealkylation sites (N-methyl/N-ethyl adjacent to an activating group) is 1. The fourth-order valence-corrected chi connectivity index (χ4v) is 4.24. The van der Waals surface area contributed by atoms with E-state index in [0.29, 0.717) is 6.04 Å². The van der Waals surface area contributed by atoms with Gasteiger partial charge in [0.05, 0.1) is 0 Å². The van der Waals surface area contributed by atoms with Crippen LogP contribution in [0.15, 0.2) is 48.5 Å². The SMILES string of the molecule is Cc1ccccc1-c1ccc(NC(=O)N2CC[C@@H](N3CCN(C)CC3)C2)cc1. The Morgan fingerprint density at radius 2 is 1.68 bits per heavy atom. The minimum Gasteiger partial charge on any atom is -0.323 e. The van der Waals surface area contributed by atoms with E-state index < -0.39 is 0 Å². The quantitative estimate of drug-likeness (QED) is 0.888. The van der Waals surface area contributed by atoms with Crippen LogP contribution in [0.2, 0.25) is 0 Å². The number of nitrogens with one attached hydrogen (secondary N) is 1. The maximum atomic E-state index is 12.7. The van der Waals surface area contributed by atoms with Crippen molar-refractivity contribution in [3.8, 4) is 11.1 Å². The minimum absolute atomic E-state index is 0.0141. The first-order chi connectivity index (χ1) is 13.6. The normalized spacial score (nSPS) is 21.1. The van der Waals surface area contributed by atoms with Gasteiger partial charge in [0.2, 0.25) is 0 Å². The van der Waals surface area contributed by atoms with Crippen molar-refractivity contribution in [3.05, 3.63) is 54.1 Å². The summed E-state index contributed by atoms with van der Waals surface area (Å²) >= 11 is 0. The van der Waals surface area contributed by atoms with Gasteiger partial charge in [-0.1, -0.05) is 36.4 Å². The fraction of sp³-hybridized carbons (Fsp3) is 0.435. The van der Waals surface area contributed by atoms with Crippen molar-refractivity contribution in [2.24, 2.45) is 0 Å². The molecule has 0 radical (unpaired) electrons. The fourth-order valence-electron chi connectivity index (χ4n) is 4.24. The lowest BCUT2D eigenvalue weighted by Gasteiger charge is -2.36. The molecule has 1 N–H and O–H groups in total. The Balaban J connectivity index is 1.33. The number of rotatable bonds is 3. The number of carbonyl (C=O) groups excluding carboxylic acids is 1. The monoisotopic (exact) mass is 378 g/mol. The van der Waals surface area contributed by atoms with Gasteiger partial charge in [-0.05, 0) is 49.2 Å². The van der Waals surface area contributed by atoms with E-state index >= 15 is 0 Å². The third kappa shape index (κ3) is 4.21. The lowest BCUT2D eigenvalue weighted by Crippen LogP contribution is -2.50. The second-order valence-corrected chi connectivity index (χ2v) is 8.05. The molecule has 0 saturated carbocycles. The zero-order chi connectivity index (χ0) is 19.5. The summed E-state index contributed by atoms with van der Waals surface area (Å²) in [6.45, 7) is 8.25. The number of aryl methyl sites for hydroxylation is 1. The van der Waals surface area contributed by atoms with Gasteiger partial charge in [-0.3, -0.25) is 4.90 Å². The zero-order valence-electron chi connectivity index (χ0n) is 16.9. The van der Waals surface area contributed by atoms with Crippen LogP contribution in [0.25, 0.3) is 11.1 Å². The van der Waals surface area contributed by atoms with Crippen LogP contribution in [-0.2, 0) is 0 Å². The Bertz CT molecular complexity index is 812. The highest BCUT2D eigenvalue weighted by atomic mass is 16.2. The number of piperazine rings is 1. The highest BCUT2D eigenvalue weighted by Gasteiger charge is 2.31. The molecule has 5 nitrogen and oxygen atoms in total. The van der Waals surface area contributed by atoms with E-state index in [4.69, 9.17) is 0 Å². The van der Waals surface area contributed by atoms with E-state index in [0.717, 1.165) is 51.4 Å². The minimum atomic E-state index is 0.0141. The number of benzene rings is 2. The van der Waals surface area contributed by atoms with Gasteiger partial charge < -0.3 is 15.1 Å². The lowest BCUT2D eigenvalue weighted by molar-refractivity contribution is 0.115. The molecule has 2 amide bonds. The third-order valence-corrected chi connectivity index (χ3v) is 6.10. The second-order valence-electron chi connectivity index (χ2n) is 8.05. The molecule has 1 atom stereocenters. The number of hydrogen-bond acceptors (Lipinski definition) is 3. The topological polar surface area (TPSA) is 38.8 Å². The third-order valence-electron chi connectivity index (χ3n) is 6.10. The van der Waals surface area contributed by atoms with Crippen molar-refractivity contribution in [2.75, 3.05) is 51.6 Å². The Labute approximate surface area is 167 Å². The second kappa shape index (κ2) is 8.33. The summed E-state index contributed by atoms with van der Waals surface area (Å²) in [6.07, 6.45) is 1.07.